The van der Waals surface area contributed by atoms with Gasteiger partial charge < -0.3 is 15.5 Å². The SMILES string of the molecule is O=C(O)N[C@H](c1cc(Br)ncc1F)[C@H](O)c1cc(F)ccc1F. The van der Waals surface area contributed by atoms with Gasteiger partial charge in [0.25, 0.3) is 0 Å². The molecule has 9 heteroatoms. The number of aliphatic hydroxyl groups is 1. The maximum absolute atomic E-state index is 13.9. The second kappa shape index (κ2) is 6.97. The van der Waals surface area contributed by atoms with E-state index < -0.39 is 41.3 Å². The number of hydrogen-bond acceptors (Lipinski definition) is 3. The number of carboxylic acid groups (broad SMARTS) is 1. The van der Waals surface area contributed by atoms with E-state index in [2.05, 4.69) is 20.9 Å². The van der Waals surface area contributed by atoms with Crippen LogP contribution in [0.4, 0.5) is 18.0 Å². The molecule has 1 aromatic heterocycles. The van der Waals surface area contributed by atoms with Crippen LogP contribution in [0.2, 0.25) is 0 Å². The van der Waals surface area contributed by atoms with Crippen LogP contribution in [0, 0.1) is 17.5 Å². The Morgan fingerprint density at radius 1 is 1.17 bits per heavy atom. The van der Waals surface area contributed by atoms with E-state index in [0.29, 0.717) is 6.07 Å². The Labute approximate surface area is 136 Å². The maximum atomic E-state index is 13.9. The molecule has 0 unspecified atom stereocenters. The van der Waals surface area contributed by atoms with Crippen molar-refractivity contribution in [2.45, 2.75) is 12.1 Å². The molecule has 0 aliphatic heterocycles. The molecule has 2 atom stereocenters. The van der Waals surface area contributed by atoms with Crippen LogP contribution in [-0.4, -0.2) is 21.3 Å². The number of rotatable bonds is 4. The molecule has 3 N–H and O–H groups in total. The van der Waals surface area contributed by atoms with Crippen LogP contribution >= 0.6 is 15.9 Å². The van der Waals surface area contributed by atoms with Gasteiger partial charge in [-0.05, 0) is 40.2 Å². The molecule has 1 amide bonds. The van der Waals surface area contributed by atoms with Gasteiger partial charge in [0.05, 0.1) is 12.2 Å². The number of halogens is 4. The molecular formula is C14H10BrF3N2O3. The Morgan fingerprint density at radius 2 is 1.87 bits per heavy atom. The van der Waals surface area contributed by atoms with Crippen molar-refractivity contribution < 1.29 is 28.2 Å². The molecule has 122 valence electrons. The highest BCUT2D eigenvalue weighted by molar-refractivity contribution is 9.10. The van der Waals surface area contributed by atoms with Crippen molar-refractivity contribution in [3.8, 4) is 0 Å². The highest BCUT2D eigenvalue weighted by atomic mass is 79.9. The number of hydrogen-bond donors (Lipinski definition) is 3. The number of carbonyl (C=O) groups is 1. The fourth-order valence-electron chi connectivity index (χ4n) is 2.05. The minimum absolute atomic E-state index is 0.179. The van der Waals surface area contributed by atoms with Crippen LogP contribution in [0.15, 0.2) is 35.1 Å². The van der Waals surface area contributed by atoms with Crippen molar-refractivity contribution >= 4 is 22.0 Å². The van der Waals surface area contributed by atoms with Crippen LogP contribution in [-0.2, 0) is 0 Å². The first-order valence-electron chi connectivity index (χ1n) is 6.23. The molecule has 0 saturated carbocycles. The predicted octanol–water partition coefficient (Wildman–Crippen LogP) is 3.30. The molecular weight excluding hydrogens is 381 g/mol. The van der Waals surface area contributed by atoms with Gasteiger partial charge in [0.1, 0.15) is 28.2 Å². The normalized spacial score (nSPS) is 13.4. The zero-order valence-corrected chi connectivity index (χ0v) is 12.9. The summed E-state index contributed by atoms with van der Waals surface area (Å²) in [5.74, 6) is -2.70. The molecule has 5 nitrogen and oxygen atoms in total. The first-order chi connectivity index (χ1) is 10.8. The predicted molar refractivity (Wildman–Crippen MR) is 77.1 cm³/mol. The maximum Gasteiger partial charge on any atom is 0.405 e. The third-order valence-electron chi connectivity index (χ3n) is 3.06. The zero-order chi connectivity index (χ0) is 17.1. The molecule has 0 spiro atoms. The van der Waals surface area contributed by atoms with Crippen LogP contribution in [0.25, 0.3) is 0 Å². The molecule has 0 bridgehead atoms. The summed E-state index contributed by atoms with van der Waals surface area (Å²) in [5.41, 5.74) is -0.776. The Kier molecular flexibility index (Phi) is 5.22. The average molecular weight is 391 g/mol. The van der Waals surface area contributed by atoms with E-state index in [0.717, 1.165) is 24.4 Å². The largest absolute Gasteiger partial charge is 0.465 e. The van der Waals surface area contributed by atoms with Crippen molar-refractivity contribution in [1.82, 2.24) is 10.3 Å². The van der Waals surface area contributed by atoms with Crippen molar-refractivity contribution in [3.05, 3.63) is 63.6 Å². The molecule has 0 saturated heterocycles. The Hall–Kier alpha value is -2.13. The zero-order valence-electron chi connectivity index (χ0n) is 11.3. The number of aliphatic hydroxyl groups excluding tert-OH is 1. The lowest BCUT2D eigenvalue weighted by Crippen LogP contribution is -2.32. The van der Waals surface area contributed by atoms with Crippen LogP contribution in [0.1, 0.15) is 23.3 Å². The van der Waals surface area contributed by atoms with E-state index in [1.54, 1.807) is 0 Å². The standard InChI is InChI=1S/C14H10BrF3N2O3/c15-11-4-7(10(18)5-19-11)12(20-14(22)23)13(21)8-3-6(16)1-2-9(8)17/h1-5,12-13,20-21H,(H,22,23)/t12-,13-/m1/s1. The Balaban J connectivity index is 2.51. The number of nitrogens with one attached hydrogen (secondary N) is 1. The quantitative estimate of drug-likeness (QED) is 0.699. The van der Waals surface area contributed by atoms with Gasteiger partial charge in [-0.3, -0.25) is 0 Å². The minimum atomic E-state index is -1.86. The first-order valence-corrected chi connectivity index (χ1v) is 7.02. The number of amides is 1. The van der Waals surface area contributed by atoms with Crippen molar-refractivity contribution in [3.63, 3.8) is 0 Å². The molecule has 2 aromatic rings. The molecule has 1 aromatic carbocycles. The summed E-state index contributed by atoms with van der Waals surface area (Å²) in [6.07, 6.45) is -2.62. The van der Waals surface area contributed by atoms with Gasteiger partial charge in [0.2, 0.25) is 0 Å². The fraction of sp³-hybridized carbons (Fsp3) is 0.143. The lowest BCUT2D eigenvalue weighted by molar-refractivity contribution is 0.115. The van der Waals surface area contributed by atoms with Crippen molar-refractivity contribution in [2.75, 3.05) is 0 Å². The average Bonchev–Trinajstić information content (AvgIpc) is 2.49. The second-order valence-electron chi connectivity index (χ2n) is 4.57. The van der Waals surface area contributed by atoms with Crippen LogP contribution in [0.5, 0.6) is 0 Å². The van der Waals surface area contributed by atoms with Crippen molar-refractivity contribution in [1.29, 1.82) is 0 Å². The Bertz CT molecular complexity index is 745. The Morgan fingerprint density at radius 3 is 2.52 bits per heavy atom. The molecule has 2 rings (SSSR count). The van der Waals surface area contributed by atoms with Gasteiger partial charge >= 0.3 is 6.09 Å². The fourth-order valence-corrected chi connectivity index (χ4v) is 2.40. The van der Waals surface area contributed by atoms with Gasteiger partial charge in [-0.25, -0.2) is 22.9 Å². The lowest BCUT2D eigenvalue weighted by atomic mass is 9.95. The molecule has 0 fully saturated rings. The first kappa shape index (κ1) is 17.2. The number of aromatic nitrogens is 1. The molecule has 0 aliphatic carbocycles. The van der Waals surface area contributed by atoms with E-state index in [-0.39, 0.29) is 10.2 Å². The third kappa shape index (κ3) is 3.99. The highest BCUT2D eigenvalue weighted by Crippen LogP contribution is 2.33. The number of nitrogens with zero attached hydrogens (tertiary/aromatic N) is 1. The summed E-state index contributed by atoms with van der Waals surface area (Å²) < 4.78 is 41.2. The second-order valence-corrected chi connectivity index (χ2v) is 5.38. The van der Waals surface area contributed by atoms with Gasteiger partial charge in [0, 0.05) is 11.1 Å². The molecule has 1 heterocycles. The topological polar surface area (TPSA) is 82.5 Å². The molecule has 0 radical (unpaired) electrons. The van der Waals surface area contributed by atoms with Crippen LogP contribution in [0.3, 0.4) is 0 Å². The minimum Gasteiger partial charge on any atom is -0.465 e. The molecule has 0 aliphatic rings. The summed E-state index contributed by atoms with van der Waals surface area (Å²) >= 11 is 2.99. The lowest BCUT2D eigenvalue weighted by Gasteiger charge is -2.24. The van der Waals surface area contributed by atoms with Gasteiger partial charge in [0.15, 0.2) is 0 Å². The smallest absolute Gasteiger partial charge is 0.405 e. The number of pyridine rings is 1. The third-order valence-corrected chi connectivity index (χ3v) is 3.49. The summed E-state index contributed by atoms with van der Waals surface area (Å²) in [4.78, 5) is 14.5. The van der Waals surface area contributed by atoms with E-state index in [1.165, 1.54) is 0 Å². The van der Waals surface area contributed by atoms with E-state index in [1.807, 2.05) is 5.32 Å². The number of benzene rings is 1. The van der Waals surface area contributed by atoms with Gasteiger partial charge in [-0.15, -0.1) is 0 Å². The summed E-state index contributed by atoms with van der Waals surface area (Å²) in [7, 11) is 0. The van der Waals surface area contributed by atoms with Gasteiger partial charge in [-0.1, -0.05) is 0 Å². The van der Waals surface area contributed by atoms with Crippen LogP contribution < -0.4 is 5.32 Å². The summed E-state index contributed by atoms with van der Waals surface area (Å²) in [6.45, 7) is 0. The molecule has 23 heavy (non-hydrogen) atoms. The van der Waals surface area contributed by atoms with E-state index in [4.69, 9.17) is 5.11 Å². The monoisotopic (exact) mass is 390 g/mol. The van der Waals surface area contributed by atoms with Crippen molar-refractivity contribution in [2.24, 2.45) is 0 Å². The highest BCUT2D eigenvalue weighted by Gasteiger charge is 2.29. The van der Waals surface area contributed by atoms with E-state index in [9.17, 15) is 23.1 Å². The summed E-state index contributed by atoms with van der Waals surface area (Å²) in [5, 5.41) is 21.1. The summed E-state index contributed by atoms with van der Waals surface area (Å²) in [6, 6.07) is 1.91. The van der Waals surface area contributed by atoms with E-state index >= 15 is 0 Å². The van der Waals surface area contributed by atoms with Gasteiger partial charge in [-0.2, -0.15) is 0 Å².